The standard InChI is InChI=1S/C20H33N5O/c1-4-24(5-2)19(26)17-11-9-16(10-12-17)14-22-20(21)23-15-18-8-7-13-25(18)6-3/h9-12,18H,4-8,13-15H2,1-3H3,(H3,21,22,23). The Morgan fingerprint density at radius 3 is 2.58 bits per heavy atom. The smallest absolute Gasteiger partial charge is 0.253 e. The molecule has 6 heteroatoms. The van der Waals surface area contributed by atoms with Crippen LogP contribution in [0.3, 0.4) is 0 Å². The molecule has 1 atom stereocenters. The molecule has 26 heavy (non-hydrogen) atoms. The van der Waals surface area contributed by atoms with Crippen LogP contribution >= 0.6 is 0 Å². The van der Waals surface area contributed by atoms with Crippen molar-refractivity contribution in [3.8, 4) is 0 Å². The Bertz CT molecular complexity index is 595. The van der Waals surface area contributed by atoms with Crippen LogP contribution in [0.5, 0.6) is 0 Å². The monoisotopic (exact) mass is 359 g/mol. The molecule has 0 aliphatic carbocycles. The van der Waals surface area contributed by atoms with Gasteiger partial charge in [-0.05, 0) is 57.5 Å². The van der Waals surface area contributed by atoms with Gasteiger partial charge in [-0.1, -0.05) is 19.1 Å². The summed E-state index contributed by atoms with van der Waals surface area (Å²) in [6.07, 6.45) is 2.48. The van der Waals surface area contributed by atoms with Gasteiger partial charge in [0.25, 0.3) is 5.91 Å². The molecular formula is C20H33N5O. The average molecular weight is 360 g/mol. The highest BCUT2D eigenvalue weighted by Gasteiger charge is 2.22. The Balaban J connectivity index is 1.84. The molecule has 2 rings (SSSR count). The molecule has 1 unspecified atom stereocenters. The molecule has 0 bridgehead atoms. The largest absolute Gasteiger partial charge is 0.370 e. The highest BCUT2D eigenvalue weighted by molar-refractivity contribution is 5.94. The van der Waals surface area contributed by atoms with Gasteiger partial charge in [0.05, 0.1) is 6.54 Å². The molecule has 0 saturated carbocycles. The third kappa shape index (κ3) is 5.46. The fraction of sp³-hybridized carbons (Fsp3) is 0.600. The Morgan fingerprint density at radius 1 is 1.27 bits per heavy atom. The van der Waals surface area contributed by atoms with Gasteiger partial charge in [0.2, 0.25) is 0 Å². The lowest BCUT2D eigenvalue weighted by Gasteiger charge is -2.23. The zero-order valence-corrected chi connectivity index (χ0v) is 16.4. The molecule has 6 nitrogen and oxygen atoms in total. The Kier molecular flexibility index (Phi) is 7.91. The number of nitrogens with one attached hydrogen (secondary N) is 1. The summed E-state index contributed by atoms with van der Waals surface area (Å²) in [6, 6.07) is 8.19. The Labute approximate surface area is 157 Å². The van der Waals surface area contributed by atoms with Crippen molar-refractivity contribution >= 4 is 11.9 Å². The fourth-order valence-electron chi connectivity index (χ4n) is 3.44. The first kappa shape index (κ1) is 20.2. The molecule has 1 aromatic rings. The zero-order valence-electron chi connectivity index (χ0n) is 16.4. The van der Waals surface area contributed by atoms with E-state index < -0.39 is 0 Å². The van der Waals surface area contributed by atoms with E-state index in [1.807, 2.05) is 43.0 Å². The van der Waals surface area contributed by atoms with Crippen LogP contribution in [-0.2, 0) is 6.54 Å². The minimum absolute atomic E-state index is 0.0725. The molecule has 1 aliphatic rings. The SMILES string of the molecule is CCN(CC)C(=O)c1ccc(CN=C(N)NCC2CCCN2CC)cc1. The molecule has 1 saturated heterocycles. The number of hydrogen-bond acceptors (Lipinski definition) is 3. The van der Waals surface area contributed by atoms with E-state index in [1.54, 1.807) is 0 Å². The normalized spacial score (nSPS) is 18.1. The van der Waals surface area contributed by atoms with Crippen LogP contribution in [0, 0.1) is 0 Å². The average Bonchev–Trinajstić information content (AvgIpc) is 3.13. The second kappa shape index (κ2) is 10.2. The number of nitrogens with two attached hydrogens (primary N) is 1. The quantitative estimate of drug-likeness (QED) is 0.550. The predicted octanol–water partition coefficient (Wildman–Crippen LogP) is 2.06. The number of likely N-dealkylation sites (tertiary alicyclic amines) is 1. The van der Waals surface area contributed by atoms with E-state index in [1.165, 1.54) is 19.4 Å². The zero-order chi connectivity index (χ0) is 18.9. The summed E-state index contributed by atoms with van der Waals surface area (Å²) in [5.41, 5.74) is 7.76. The minimum atomic E-state index is 0.0725. The van der Waals surface area contributed by atoms with Crippen molar-refractivity contribution < 1.29 is 4.79 Å². The fourth-order valence-corrected chi connectivity index (χ4v) is 3.44. The van der Waals surface area contributed by atoms with Gasteiger partial charge in [-0.25, -0.2) is 4.99 Å². The molecule has 1 amide bonds. The number of carbonyl (C=O) groups excluding carboxylic acids is 1. The number of guanidine groups is 1. The second-order valence-electron chi connectivity index (χ2n) is 6.68. The summed E-state index contributed by atoms with van der Waals surface area (Å²) in [5.74, 6) is 0.555. The lowest BCUT2D eigenvalue weighted by atomic mass is 10.1. The lowest BCUT2D eigenvalue weighted by molar-refractivity contribution is 0.0773. The number of amides is 1. The van der Waals surface area contributed by atoms with E-state index in [-0.39, 0.29) is 5.91 Å². The predicted molar refractivity (Wildman–Crippen MR) is 107 cm³/mol. The summed E-state index contributed by atoms with van der Waals surface area (Å²) in [5, 5.41) is 3.24. The molecule has 1 aromatic carbocycles. The maximum absolute atomic E-state index is 12.3. The van der Waals surface area contributed by atoms with Crippen molar-refractivity contribution in [1.82, 2.24) is 15.1 Å². The molecule has 0 radical (unpaired) electrons. The van der Waals surface area contributed by atoms with Crippen molar-refractivity contribution in [2.24, 2.45) is 10.7 Å². The lowest BCUT2D eigenvalue weighted by Crippen LogP contribution is -2.42. The Morgan fingerprint density at radius 2 is 1.96 bits per heavy atom. The van der Waals surface area contributed by atoms with Crippen LogP contribution in [-0.4, -0.2) is 60.4 Å². The number of benzene rings is 1. The highest BCUT2D eigenvalue weighted by Crippen LogP contribution is 2.15. The van der Waals surface area contributed by atoms with E-state index in [0.29, 0.717) is 24.1 Å². The maximum atomic E-state index is 12.3. The number of likely N-dealkylation sites (N-methyl/N-ethyl adjacent to an activating group) is 1. The van der Waals surface area contributed by atoms with E-state index in [9.17, 15) is 4.79 Å². The topological polar surface area (TPSA) is 74.0 Å². The van der Waals surface area contributed by atoms with Crippen molar-refractivity contribution in [3.05, 3.63) is 35.4 Å². The molecule has 0 aromatic heterocycles. The van der Waals surface area contributed by atoms with E-state index in [2.05, 4.69) is 22.1 Å². The van der Waals surface area contributed by atoms with Gasteiger partial charge < -0.3 is 16.0 Å². The molecule has 1 aliphatic heterocycles. The Hall–Kier alpha value is -2.08. The van der Waals surface area contributed by atoms with Gasteiger partial charge in [-0.3, -0.25) is 9.69 Å². The third-order valence-corrected chi connectivity index (χ3v) is 5.11. The summed E-state index contributed by atoms with van der Waals surface area (Å²) >= 11 is 0. The van der Waals surface area contributed by atoms with Crippen LogP contribution in [0.15, 0.2) is 29.3 Å². The van der Waals surface area contributed by atoms with Gasteiger partial charge in [0, 0.05) is 31.2 Å². The van der Waals surface area contributed by atoms with Gasteiger partial charge in [0.15, 0.2) is 5.96 Å². The van der Waals surface area contributed by atoms with Crippen LogP contribution in [0.25, 0.3) is 0 Å². The second-order valence-corrected chi connectivity index (χ2v) is 6.68. The van der Waals surface area contributed by atoms with Gasteiger partial charge in [0.1, 0.15) is 0 Å². The van der Waals surface area contributed by atoms with Crippen LogP contribution < -0.4 is 11.1 Å². The first-order chi connectivity index (χ1) is 12.6. The molecule has 1 heterocycles. The van der Waals surface area contributed by atoms with E-state index in [0.717, 1.165) is 31.7 Å². The molecule has 0 spiro atoms. The summed E-state index contributed by atoms with van der Waals surface area (Å²) in [4.78, 5) is 21.0. The van der Waals surface area contributed by atoms with Crippen molar-refractivity contribution in [1.29, 1.82) is 0 Å². The number of nitrogens with zero attached hydrogens (tertiary/aromatic N) is 3. The van der Waals surface area contributed by atoms with E-state index >= 15 is 0 Å². The van der Waals surface area contributed by atoms with Crippen LogP contribution in [0.4, 0.5) is 0 Å². The number of hydrogen-bond donors (Lipinski definition) is 2. The number of aliphatic imine (C=N–C) groups is 1. The molecule has 3 N–H and O–H groups in total. The number of carbonyl (C=O) groups is 1. The summed E-state index contributed by atoms with van der Waals surface area (Å²) in [7, 11) is 0. The molecular weight excluding hydrogens is 326 g/mol. The summed E-state index contributed by atoms with van der Waals surface area (Å²) < 4.78 is 0. The first-order valence-electron chi connectivity index (χ1n) is 9.75. The molecule has 1 fully saturated rings. The maximum Gasteiger partial charge on any atom is 0.253 e. The third-order valence-electron chi connectivity index (χ3n) is 5.11. The van der Waals surface area contributed by atoms with Crippen molar-refractivity contribution in [3.63, 3.8) is 0 Å². The van der Waals surface area contributed by atoms with Crippen LogP contribution in [0.2, 0.25) is 0 Å². The minimum Gasteiger partial charge on any atom is -0.370 e. The highest BCUT2D eigenvalue weighted by atomic mass is 16.2. The van der Waals surface area contributed by atoms with Crippen molar-refractivity contribution in [2.75, 3.05) is 32.7 Å². The molecule has 144 valence electrons. The van der Waals surface area contributed by atoms with Gasteiger partial charge in [-0.2, -0.15) is 0 Å². The van der Waals surface area contributed by atoms with Gasteiger partial charge in [-0.15, -0.1) is 0 Å². The first-order valence-corrected chi connectivity index (χ1v) is 9.75. The summed E-state index contributed by atoms with van der Waals surface area (Å²) in [6.45, 7) is 11.3. The van der Waals surface area contributed by atoms with E-state index in [4.69, 9.17) is 5.73 Å². The number of rotatable bonds is 8. The van der Waals surface area contributed by atoms with Crippen LogP contribution in [0.1, 0.15) is 49.5 Å². The van der Waals surface area contributed by atoms with Crippen molar-refractivity contribution in [2.45, 2.75) is 46.2 Å². The van der Waals surface area contributed by atoms with Gasteiger partial charge >= 0.3 is 0 Å².